The van der Waals surface area contributed by atoms with Gasteiger partial charge in [0.25, 0.3) is 5.56 Å². The number of hydrogen-bond acceptors (Lipinski definition) is 5. The third-order valence-electron chi connectivity index (χ3n) is 6.60. The van der Waals surface area contributed by atoms with Gasteiger partial charge in [0.15, 0.2) is 5.16 Å². The summed E-state index contributed by atoms with van der Waals surface area (Å²) in [5.41, 5.74) is -7.83. The molecule has 248 valence electrons. The first-order valence-corrected chi connectivity index (χ1v) is 15.0. The van der Waals surface area contributed by atoms with Gasteiger partial charge in [-0.2, -0.15) is 18.2 Å². The number of carbonyl (C=O) groups is 1. The van der Waals surface area contributed by atoms with Crippen molar-refractivity contribution < 1.29 is 49.8 Å². The standard InChI is InChI=1S/C36H38F4N4O2S/c1-3-42(4-2)20-21-43(22-25-8-12-27(13-9-25)28-14-16-29(17-15-28)36(38,39)40)33(45)23-44-32-7-5-6-31(32)34(46)41-35(44)47-24-26-10-18-30(37)19-11-26/h8-19H,3-7,20-24H2,1-2H3/i8D,9D,10D,11D,12D,13D,14D,15D,16D,17D,18D,19D,20D2,21D2,22D2,23D2. The number of carbonyl (C=O) groups excluding carboxylic acids is 1. The van der Waals surface area contributed by atoms with Crippen LogP contribution in [-0.4, -0.2) is 51.3 Å². The highest BCUT2D eigenvalue weighted by atomic mass is 32.2. The molecule has 5 rings (SSSR count). The van der Waals surface area contributed by atoms with Crippen molar-refractivity contribution in [3.63, 3.8) is 0 Å². The highest BCUT2D eigenvalue weighted by molar-refractivity contribution is 7.98. The highest BCUT2D eigenvalue weighted by Gasteiger charge is 2.30. The number of alkyl halides is 3. The van der Waals surface area contributed by atoms with Crippen molar-refractivity contribution in [1.29, 1.82) is 0 Å². The first kappa shape index (κ1) is 16.9. The van der Waals surface area contributed by atoms with Crippen LogP contribution in [0.2, 0.25) is 0 Å². The van der Waals surface area contributed by atoms with Crippen LogP contribution in [0.4, 0.5) is 17.6 Å². The summed E-state index contributed by atoms with van der Waals surface area (Å²) < 4.78 is 230. The summed E-state index contributed by atoms with van der Waals surface area (Å²) in [6.07, 6.45) is -5.51. The molecule has 0 saturated heterocycles. The van der Waals surface area contributed by atoms with Gasteiger partial charge in [-0.25, -0.2) is 4.39 Å². The highest BCUT2D eigenvalue weighted by Crippen LogP contribution is 2.31. The molecule has 1 aliphatic carbocycles. The Kier molecular flexibility index (Phi) is 5.51. The number of hydrogen-bond donors (Lipinski definition) is 0. The Labute approximate surface area is 304 Å². The molecule has 0 spiro atoms. The van der Waals surface area contributed by atoms with Crippen molar-refractivity contribution in [2.75, 3.05) is 26.1 Å². The Balaban J connectivity index is 1.83. The molecule has 0 fully saturated rings. The van der Waals surface area contributed by atoms with Crippen molar-refractivity contribution in [3.05, 3.63) is 117 Å². The Morgan fingerprint density at radius 2 is 1.55 bits per heavy atom. The summed E-state index contributed by atoms with van der Waals surface area (Å²) in [6.45, 7) is -13.7. The average molecular weight is 687 g/mol. The lowest BCUT2D eigenvalue weighted by atomic mass is 10.0. The van der Waals surface area contributed by atoms with E-state index in [9.17, 15) is 30.6 Å². The zero-order valence-electron chi connectivity index (χ0n) is 44.8. The summed E-state index contributed by atoms with van der Waals surface area (Å²) in [6, 6.07) is -16.2. The monoisotopic (exact) mass is 686 g/mol. The normalized spacial score (nSPS) is 20.1. The van der Waals surface area contributed by atoms with E-state index >= 15 is 4.79 Å². The second-order valence-corrected chi connectivity index (χ2v) is 10.6. The van der Waals surface area contributed by atoms with Crippen LogP contribution in [0.25, 0.3) is 11.1 Å². The van der Waals surface area contributed by atoms with Crippen molar-refractivity contribution in [1.82, 2.24) is 19.4 Å². The molecular formula is C36H38F4N4O2S. The van der Waals surface area contributed by atoms with Gasteiger partial charge in [-0.3, -0.25) is 9.59 Å². The second-order valence-electron chi connectivity index (χ2n) is 9.65. The molecule has 3 aromatic carbocycles. The van der Waals surface area contributed by atoms with Crippen molar-refractivity contribution in [2.24, 2.45) is 0 Å². The molecule has 1 amide bonds. The third kappa shape index (κ3) is 8.70. The molecule has 0 saturated carbocycles. The number of nitrogens with zero attached hydrogens (tertiary/aromatic N) is 4. The van der Waals surface area contributed by atoms with Crippen LogP contribution in [0.1, 0.15) is 75.6 Å². The fraction of sp³-hybridized carbons (Fsp3) is 0.361. The van der Waals surface area contributed by atoms with E-state index in [-0.39, 0.29) is 43.6 Å². The lowest BCUT2D eigenvalue weighted by molar-refractivity contribution is -0.137. The number of rotatable bonds is 13. The lowest BCUT2D eigenvalue weighted by Gasteiger charge is -2.28. The molecule has 47 heavy (non-hydrogen) atoms. The van der Waals surface area contributed by atoms with Gasteiger partial charge < -0.3 is 14.4 Å². The lowest BCUT2D eigenvalue weighted by Crippen LogP contribution is -2.40. The van der Waals surface area contributed by atoms with Gasteiger partial charge in [-0.05, 0) is 78.8 Å². The minimum absolute atomic E-state index is 0.0416. The molecule has 1 aromatic heterocycles. The van der Waals surface area contributed by atoms with Crippen LogP contribution in [0.15, 0.2) is 82.5 Å². The maximum atomic E-state index is 15.2. The van der Waals surface area contributed by atoms with Crippen LogP contribution in [0.3, 0.4) is 0 Å². The molecule has 1 heterocycles. The number of aromatic nitrogens is 2. The van der Waals surface area contributed by atoms with Crippen LogP contribution in [-0.2, 0) is 42.6 Å². The molecule has 0 atom stereocenters. The zero-order valence-corrected chi connectivity index (χ0v) is 25.6. The Hall–Kier alpha value is -3.96. The van der Waals surface area contributed by atoms with E-state index in [1.54, 1.807) is 0 Å². The smallest absolute Gasteiger partial charge is 0.336 e. The average Bonchev–Trinajstić information content (AvgIpc) is 3.72. The van der Waals surface area contributed by atoms with E-state index in [1.807, 2.05) is 0 Å². The minimum Gasteiger partial charge on any atom is -0.336 e. The second kappa shape index (κ2) is 15.3. The molecule has 0 unspecified atom stereocenters. The van der Waals surface area contributed by atoms with E-state index < -0.39 is 166 Å². The predicted octanol–water partition coefficient (Wildman–Crippen LogP) is 7.22. The van der Waals surface area contributed by atoms with E-state index in [4.69, 9.17) is 19.2 Å². The molecular weight excluding hydrogens is 628 g/mol. The number of amides is 1. The fourth-order valence-corrected chi connectivity index (χ4v) is 5.08. The van der Waals surface area contributed by atoms with E-state index in [0.29, 0.717) is 16.3 Å². The molecule has 0 radical (unpaired) electrons. The molecule has 11 heteroatoms. The van der Waals surface area contributed by atoms with E-state index in [2.05, 4.69) is 4.98 Å². The summed E-state index contributed by atoms with van der Waals surface area (Å²) in [5, 5.41) is -0.747. The summed E-state index contributed by atoms with van der Waals surface area (Å²) in [5.74, 6) is -4.51. The molecule has 1 aliphatic rings. The van der Waals surface area contributed by atoms with Gasteiger partial charge in [-0.1, -0.05) is 73.9 Å². The largest absolute Gasteiger partial charge is 0.416 e. The third-order valence-corrected chi connectivity index (χ3v) is 7.56. The molecule has 4 aromatic rings. The van der Waals surface area contributed by atoms with Crippen molar-refractivity contribution in [3.8, 4) is 11.1 Å². The number of benzene rings is 3. The number of thioether (sulfide) groups is 1. The maximum absolute atomic E-state index is 15.2. The predicted molar refractivity (Wildman–Crippen MR) is 177 cm³/mol. The molecule has 0 aliphatic heterocycles. The van der Waals surface area contributed by atoms with Crippen LogP contribution < -0.4 is 5.56 Å². The summed E-state index contributed by atoms with van der Waals surface area (Å²) in [7, 11) is 0. The first-order chi connectivity index (χ1) is 30.6. The Morgan fingerprint density at radius 1 is 0.936 bits per heavy atom. The van der Waals surface area contributed by atoms with E-state index in [1.165, 1.54) is 13.8 Å². The number of halogens is 4. The number of likely N-dealkylation sites (N-methyl/N-ethyl adjacent to an activating group) is 1. The fourth-order valence-electron chi connectivity index (χ4n) is 4.23. The quantitative estimate of drug-likeness (QED) is 0.0845. The van der Waals surface area contributed by atoms with Gasteiger partial charge in [0.2, 0.25) is 5.91 Å². The van der Waals surface area contributed by atoms with Crippen molar-refractivity contribution in [2.45, 2.75) is 63.2 Å². The minimum atomic E-state index is -5.44. The molecule has 0 bridgehead atoms. The first-order valence-electron chi connectivity index (χ1n) is 24.0. The van der Waals surface area contributed by atoms with Crippen LogP contribution in [0.5, 0.6) is 0 Å². The van der Waals surface area contributed by atoms with Crippen molar-refractivity contribution >= 4 is 17.7 Å². The molecule has 6 nitrogen and oxygen atoms in total. The summed E-state index contributed by atoms with van der Waals surface area (Å²) >= 11 is 0.345. The Morgan fingerprint density at radius 3 is 2.17 bits per heavy atom. The van der Waals surface area contributed by atoms with Gasteiger partial charge in [-0.15, -0.1) is 0 Å². The van der Waals surface area contributed by atoms with Crippen LogP contribution in [0, 0.1) is 5.82 Å². The maximum Gasteiger partial charge on any atom is 0.416 e. The van der Waals surface area contributed by atoms with Crippen LogP contribution >= 0.6 is 11.8 Å². The van der Waals surface area contributed by atoms with Gasteiger partial charge in [0, 0.05) is 39.2 Å². The van der Waals surface area contributed by atoms with Gasteiger partial charge >= 0.3 is 6.18 Å². The number of fused-ring (bicyclic) bond motifs is 1. The van der Waals surface area contributed by atoms with Gasteiger partial charge in [0.05, 0.1) is 30.2 Å². The zero-order chi connectivity index (χ0) is 51.2. The summed E-state index contributed by atoms with van der Waals surface area (Å²) in [4.78, 5) is 32.5. The molecule has 0 N–H and O–H groups in total. The topological polar surface area (TPSA) is 58.4 Å². The Bertz CT molecular complexity index is 2680. The van der Waals surface area contributed by atoms with E-state index in [0.717, 1.165) is 4.90 Å². The SMILES string of the molecule is [2H]c1c([2H])c(CSc2nc(=O)c3c(n2C([2H])([2H])C(=O)N(C([2H])([2H])c2c([2H])c([2H])c(-c4c([2H])c([2H])c(C(F)(F)F)c([2H])c4[2H])c([2H])c2[2H])C([2H])([2H])C([2H])([2H])N(CC)CC)CCC3)c([2H])c([2H])c1F. The van der Waals surface area contributed by atoms with Gasteiger partial charge in [0.1, 0.15) is 12.3 Å².